The van der Waals surface area contributed by atoms with Crippen LogP contribution in [0.4, 0.5) is 0 Å². The van der Waals surface area contributed by atoms with Crippen molar-refractivity contribution in [1.82, 2.24) is 4.90 Å². The van der Waals surface area contributed by atoms with E-state index in [0.29, 0.717) is 23.1 Å². The van der Waals surface area contributed by atoms with Crippen molar-refractivity contribution < 1.29 is 4.74 Å². The molecule has 104 valence electrons. The van der Waals surface area contributed by atoms with Crippen molar-refractivity contribution in [2.75, 3.05) is 6.54 Å². The smallest absolute Gasteiger partial charge is 0.0748 e. The average molecular weight is 324 g/mol. The first kappa shape index (κ1) is 13.6. The van der Waals surface area contributed by atoms with E-state index >= 15 is 0 Å². The van der Waals surface area contributed by atoms with E-state index in [1.54, 1.807) is 0 Å². The summed E-state index contributed by atoms with van der Waals surface area (Å²) < 4.78 is 6.11. The Hall–Kier alpha value is -0.380. The Morgan fingerprint density at radius 3 is 2.68 bits per heavy atom. The summed E-state index contributed by atoms with van der Waals surface area (Å²) >= 11 is 3.89. The van der Waals surface area contributed by atoms with Gasteiger partial charge in [-0.15, -0.1) is 0 Å². The third-order valence-electron chi connectivity index (χ3n) is 4.26. The van der Waals surface area contributed by atoms with Crippen LogP contribution in [0.5, 0.6) is 0 Å². The van der Waals surface area contributed by atoms with Gasteiger partial charge in [0.05, 0.1) is 12.2 Å². The molecule has 1 aromatic carbocycles. The van der Waals surface area contributed by atoms with Crippen LogP contribution in [0.25, 0.3) is 0 Å². The van der Waals surface area contributed by atoms with E-state index in [1.165, 1.54) is 18.5 Å². The van der Waals surface area contributed by atoms with E-state index in [2.05, 4.69) is 65.0 Å². The molecule has 1 heterocycles. The van der Waals surface area contributed by atoms with E-state index in [-0.39, 0.29) is 0 Å². The average Bonchev–Trinajstić information content (AvgIpc) is 2.81. The van der Waals surface area contributed by atoms with Crippen molar-refractivity contribution in [2.24, 2.45) is 5.92 Å². The molecule has 1 saturated heterocycles. The van der Waals surface area contributed by atoms with Gasteiger partial charge in [0, 0.05) is 24.0 Å². The Morgan fingerprint density at radius 2 is 2.05 bits per heavy atom. The predicted octanol–water partition coefficient (Wildman–Crippen LogP) is 3.45. The van der Waals surface area contributed by atoms with Crippen LogP contribution in [0, 0.1) is 5.92 Å². The van der Waals surface area contributed by atoms with Gasteiger partial charge in [0.15, 0.2) is 0 Å². The van der Waals surface area contributed by atoms with E-state index in [1.807, 2.05) is 0 Å². The lowest BCUT2D eigenvalue weighted by Gasteiger charge is -2.34. The topological polar surface area (TPSA) is 12.5 Å². The maximum Gasteiger partial charge on any atom is 0.0748 e. The molecule has 2 aliphatic rings. The first-order valence-electron chi connectivity index (χ1n) is 7.22. The summed E-state index contributed by atoms with van der Waals surface area (Å²) in [6.07, 6.45) is 1.93. The zero-order chi connectivity index (χ0) is 13.4. The number of alkyl halides is 1. The van der Waals surface area contributed by atoms with Crippen LogP contribution in [-0.2, 0) is 11.3 Å². The highest BCUT2D eigenvalue weighted by Gasteiger charge is 2.52. The molecular formula is C16H22BrNO. The normalized spacial score (nSPS) is 34.3. The lowest BCUT2D eigenvalue weighted by Crippen LogP contribution is -2.44. The zero-order valence-electron chi connectivity index (χ0n) is 11.6. The summed E-state index contributed by atoms with van der Waals surface area (Å²) in [7, 11) is 0. The first-order valence-corrected chi connectivity index (χ1v) is 8.14. The van der Waals surface area contributed by atoms with Crippen LogP contribution < -0.4 is 0 Å². The highest BCUT2D eigenvalue weighted by atomic mass is 79.9. The number of ether oxygens (including phenoxy) is 1. The van der Waals surface area contributed by atoms with Gasteiger partial charge < -0.3 is 4.74 Å². The molecule has 3 heteroatoms. The van der Waals surface area contributed by atoms with Gasteiger partial charge in [-0.2, -0.15) is 0 Å². The van der Waals surface area contributed by atoms with Gasteiger partial charge in [-0.1, -0.05) is 46.3 Å². The molecule has 1 aromatic rings. The summed E-state index contributed by atoms with van der Waals surface area (Å²) in [6, 6.07) is 11.3. The number of benzene rings is 1. The number of fused-ring (bicyclic) bond motifs is 2. The highest BCUT2D eigenvalue weighted by Crippen LogP contribution is 2.44. The molecule has 1 aliphatic heterocycles. The monoisotopic (exact) mass is 323 g/mol. The summed E-state index contributed by atoms with van der Waals surface area (Å²) in [6.45, 7) is 6.52. The van der Waals surface area contributed by atoms with Crippen molar-refractivity contribution >= 4 is 15.9 Å². The lowest BCUT2D eigenvalue weighted by molar-refractivity contribution is -0.0433. The highest BCUT2D eigenvalue weighted by molar-refractivity contribution is 9.09. The number of rotatable bonds is 4. The standard InChI is InChI=1S/C16H22BrNO/c1-11(2)19-14-8-13-10-18(16(14)15(13)17)9-12-6-4-3-5-7-12/h3-7,11,13-16H,8-10H2,1-2H3/t13-,14-,15+,16-/m0/s1. The number of hydrogen-bond donors (Lipinski definition) is 0. The third kappa shape index (κ3) is 2.74. The minimum Gasteiger partial charge on any atom is -0.374 e. The van der Waals surface area contributed by atoms with Crippen LogP contribution in [0.1, 0.15) is 25.8 Å². The second-order valence-electron chi connectivity index (χ2n) is 6.07. The fourth-order valence-electron chi connectivity index (χ4n) is 3.56. The Labute approximate surface area is 124 Å². The number of likely N-dealkylation sites (tertiary alicyclic amines) is 1. The van der Waals surface area contributed by atoms with Crippen LogP contribution in [-0.4, -0.2) is 34.5 Å². The van der Waals surface area contributed by atoms with Crippen LogP contribution in [0.2, 0.25) is 0 Å². The molecule has 1 aliphatic carbocycles. The molecule has 0 N–H and O–H groups in total. The fourth-order valence-corrected chi connectivity index (χ4v) is 4.62. The number of nitrogens with zero attached hydrogens (tertiary/aromatic N) is 1. The van der Waals surface area contributed by atoms with Crippen molar-refractivity contribution in [3.05, 3.63) is 35.9 Å². The van der Waals surface area contributed by atoms with Gasteiger partial charge in [-0.3, -0.25) is 4.90 Å². The molecule has 2 bridgehead atoms. The van der Waals surface area contributed by atoms with Gasteiger partial charge >= 0.3 is 0 Å². The molecular weight excluding hydrogens is 302 g/mol. The van der Waals surface area contributed by atoms with Crippen LogP contribution in [0.15, 0.2) is 30.3 Å². The van der Waals surface area contributed by atoms with Crippen LogP contribution >= 0.6 is 15.9 Å². The molecule has 1 saturated carbocycles. The van der Waals surface area contributed by atoms with E-state index < -0.39 is 0 Å². The maximum absolute atomic E-state index is 6.11. The third-order valence-corrected chi connectivity index (χ3v) is 5.55. The predicted molar refractivity (Wildman–Crippen MR) is 81.5 cm³/mol. The SMILES string of the molecule is CC(C)O[C@H]1C[C@H]2CN(Cc3ccccc3)[C@@H]1[C@@H]2Br. The Kier molecular flexibility index (Phi) is 3.97. The van der Waals surface area contributed by atoms with Crippen molar-refractivity contribution in [1.29, 1.82) is 0 Å². The molecule has 3 rings (SSSR count). The van der Waals surface area contributed by atoms with E-state index in [0.717, 1.165) is 12.5 Å². The minimum atomic E-state index is 0.322. The Morgan fingerprint density at radius 1 is 1.32 bits per heavy atom. The molecule has 0 radical (unpaired) electrons. The molecule has 0 spiro atoms. The summed E-state index contributed by atoms with van der Waals surface area (Å²) in [5, 5.41) is 0. The summed E-state index contributed by atoms with van der Waals surface area (Å²) in [5.41, 5.74) is 1.40. The summed E-state index contributed by atoms with van der Waals surface area (Å²) in [4.78, 5) is 3.19. The number of halogens is 1. The number of hydrogen-bond acceptors (Lipinski definition) is 2. The minimum absolute atomic E-state index is 0.322. The maximum atomic E-state index is 6.11. The van der Waals surface area contributed by atoms with Gasteiger partial charge in [-0.05, 0) is 31.7 Å². The van der Waals surface area contributed by atoms with Crippen molar-refractivity contribution in [3.63, 3.8) is 0 Å². The Balaban J connectivity index is 1.70. The van der Waals surface area contributed by atoms with Crippen molar-refractivity contribution in [2.45, 2.75) is 49.9 Å². The molecule has 0 aromatic heterocycles. The molecule has 19 heavy (non-hydrogen) atoms. The van der Waals surface area contributed by atoms with E-state index in [9.17, 15) is 0 Å². The molecule has 4 atom stereocenters. The molecule has 0 amide bonds. The lowest BCUT2D eigenvalue weighted by atomic mass is 10.1. The Bertz CT molecular complexity index is 420. The largest absolute Gasteiger partial charge is 0.374 e. The second kappa shape index (κ2) is 5.55. The fraction of sp³-hybridized carbons (Fsp3) is 0.625. The molecule has 0 unspecified atom stereocenters. The van der Waals surface area contributed by atoms with Gasteiger partial charge in [0.1, 0.15) is 0 Å². The zero-order valence-corrected chi connectivity index (χ0v) is 13.2. The van der Waals surface area contributed by atoms with Gasteiger partial charge in [-0.25, -0.2) is 0 Å². The quantitative estimate of drug-likeness (QED) is 0.787. The van der Waals surface area contributed by atoms with Gasteiger partial charge in [0.2, 0.25) is 0 Å². The van der Waals surface area contributed by atoms with E-state index in [4.69, 9.17) is 4.74 Å². The van der Waals surface area contributed by atoms with Gasteiger partial charge in [0.25, 0.3) is 0 Å². The molecule has 2 nitrogen and oxygen atoms in total. The summed E-state index contributed by atoms with van der Waals surface area (Å²) in [5.74, 6) is 0.748. The van der Waals surface area contributed by atoms with Crippen molar-refractivity contribution in [3.8, 4) is 0 Å². The first-order chi connectivity index (χ1) is 9.15. The molecule has 2 fully saturated rings. The number of piperidine rings is 1. The van der Waals surface area contributed by atoms with Crippen LogP contribution in [0.3, 0.4) is 0 Å². The second-order valence-corrected chi connectivity index (χ2v) is 7.13.